The van der Waals surface area contributed by atoms with E-state index in [9.17, 15) is 14.9 Å². The Kier molecular flexibility index (Phi) is 3.80. The van der Waals surface area contributed by atoms with Crippen LogP contribution in [0.15, 0.2) is 18.2 Å². The molecule has 0 aliphatic rings. The highest BCUT2D eigenvalue weighted by atomic mass is 35.5. The molecule has 0 saturated carbocycles. The topological polar surface area (TPSA) is 60.2 Å². The molecule has 0 radical (unpaired) electrons. The maximum Gasteiger partial charge on any atom is 0.273 e. The molecular formula is C10H10ClNO3. The minimum absolute atomic E-state index is 0.0199. The lowest BCUT2D eigenvalue weighted by Gasteiger charge is -2.04. The number of halogens is 1. The summed E-state index contributed by atoms with van der Waals surface area (Å²) in [7, 11) is 0. The molecular weight excluding hydrogens is 218 g/mol. The number of benzene rings is 1. The largest absolute Gasteiger partial charge is 0.298 e. The van der Waals surface area contributed by atoms with Crippen molar-refractivity contribution in [1.82, 2.24) is 0 Å². The van der Waals surface area contributed by atoms with Crippen LogP contribution in [0.25, 0.3) is 0 Å². The molecule has 0 aliphatic carbocycles. The first-order valence-electron chi connectivity index (χ1n) is 4.36. The van der Waals surface area contributed by atoms with Gasteiger partial charge in [0.1, 0.15) is 0 Å². The number of rotatable bonds is 4. The number of hydrogen-bond acceptors (Lipinski definition) is 3. The Morgan fingerprint density at radius 1 is 1.53 bits per heavy atom. The first-order valence-corrected chi connectivity index (χ1v) is 4.90. The van der Waals surface area contributed by atoms with E-state index >= 15 is 0 Å². The lowest BCUT2D eigenvalue weighted by atomic mass is 10.0. The fourth-order valence-corrected chi connectivity index (χ4v) is 1.43. The highest BCUT2D eigenvalue weighted by Crippen LogP contribution is 2.22. The first-order chi connectivity index (χ1) is 7.06. The summed E-state index contributed by atoms with van der Waals surface area (Å²) in [6, 6.07) is 4.73. The smallest absolute Gasteiger partial charge is 0.273 e. The first kappa shape index (κ1) is 11.7. The minimum Gasteiger partial charge on any atom is -0.298 e. The van der Waals surface area contributed by atoms with Gasteiger partial charge in [0.25, 0.3) is 5.69 Å². The number of alkyl halides is 1. The molecule has 0 unspecified atom stereocenters. The molecule has 1 aromatic carbocycles. The molecule has 15 heavy (non-hydrogen) atoms. The number of aryl methyl sites for hydroxylation is 1. The number of nitro groups is 1. The Labute approximate surface area is 92.0 Å². The van der Waals surface area contributed by atoms with Gasteiger partial charge in [0.15, 0.2) is 5.78 Å². The second-order valence-electron chi connectivity index (χ2n) is 3.18. The number of nitrogens with zero attached hydrogens (tertiary/aromatic N) is 1. The number of carbonyl (C=O) groups is 1. The van der Waals surface area contributed by atoms with Crippen molar-refractivity contribution < 1.29 is 9.72 Å². The van der Waals surface area contributed by atoms with Gasteiger partial charge in [-0.25, -0.2) is 0 Å². The lowest BCUT2D eigenvalue weighted by Crippen LogP contribution is -2.07. The highest BCUT2D eigenvalue weighted by molar-refractivity contribution is 6.27. The van der Waals surface area contributed by atoms with Gasteiger partial charge in [0, 0.05) is 18.1 Å². The molecule has 4 nitrogen and oxygen atoms in total. The normalized spacial score (nSPS) is 10.0. The fourth-order valence-electron chi connectivity index (χ4n) is 1.33. The van der Waals surface area contributed by atoms with Gasteiger partial charge < -0.3 is 0 Å². The molecule has 0 fully saturated rings. The van der Waals surface area contributed by atoms with Crippen molar-refractivity contribution in [3.8, 4) is 0 Å². The van der Waals surface area contributed by atoms with Crippen molar-refractivity contribution in [3.05, 3.63) is 39.4 Å². The van der Waals surface area contributed by atoms with E-state index in [4.69, 9.17) is 11.6 Å². The van der Waals surface area contributed by atoms with Crippen molar-refractivity contribution in [2.24, 2.45) is 0 Å². The molecule has 0 aromatic heterocycles. The summed E-state index contributed by atoms with van der Waals surface area (Å²) in [5.74, 6) is -0.333. The molecule has 5 heteroatoms. The summed E-state index contributed by atoms with van der Waals surface area (Å²) >= 11 is 5.37. The molecule has 0 aliphatic heterocycles. The van der Waals surface area contributed by atoms with Crippen LogP contribution in [0.5, 0.6) is 0 Å². The Balaban J connectivity index is 3.13. The molecule has 1 aromatic rings. The van der Waals surface area contributed by atoms with Crippen LogP contribution in [0.1, 0.15) is 11.1 Å². The van der Waals surface area contributed by atoms with Gasteiger partial charge in [0.2, 0.25) is 0 Å². The van der Waals surface area contributed by atoms with E-state index in [1.807, 2.05) is 0 Å². The third-order valence-electron chi connectivity index (χ3n) is 2.11. The quantitative estimate of drug-likeness (QED) is 0.450. The molecule has 0 N–H and O–H groups in total. The zero-order chi connectivity index (χ0) is 11.4. The average molecular weight is 228 g/mol. The standard InChI is InChI=1S/C10H10ClNO3/c1-7-3-2-4-10(12(14)15)9(7)5-8(13)6-11/h2-4H,5-6H2,1H3. The summed E-state index contributed by atoms with van der Waals surface area (Å²) in [6.45, 7) is 1.74. The number of nitro benzene ring substituents is 1. The molecule has 1 rings (SSSR count). The number of hydrogen-bond donors (Lipinski definition) is 0. The fraction of sp³-hybridized carbons (Fsp3) is 0.300. The Morgan fingerprint density at radius 3 is 2.73 bits per heavy atom. The van der Waals surface area contributed by atoms with Crippen LogP contribution < -0.4 is 0 Å². The molecule has 0 amide bonds. The van der Waals surface area contributed by atoms with Crippen molar-refractivity contribution in [2.45, 2.75) is 13.3 Å². The van der Waals surface area contributed by atoms with E-state index < -0.39 is 4.92 Å². The van der Waals surface area contributed by atoms with Crippen molar-refractivity contribution >= 4 is 23.1 Å². The maximum atomic E-state index is 11.2. The van der Waals surface area contributed by atoms with Crippen LogP contribution in [0.4, 0.5) is 5.69 Å². The molecule has 0 saturated heterocycles. The number of carbonyl (C=O) groups excluding carboxylic acids is 1. The summed E-state index contributed by atoms with van der Waals surface area (Å²) in [5.41, 5.74) is 1.17. The second kappa shape index (κ2) is 4.89. The second-order valence-corrected chi connectivity index (χ2v) is 3.45. The monoisotopic (exact) mass is 227 g/mol. The van der Waals surface area contributed by atoms with Crippen molar-refractivity contribution in [2.75, 3.05) is 5.88 Å². The van der Waals surface area contributed by atoms with Gasteiger partial charge in [-0.05, 0) is 12.5 Å². The zero-order valence-electron chi connectivity index (χ0n) is 8.20. The van der Waals surface area contributed by atoms with E-state index in [-0.39, 0.29) is 23.8 Å². The van der Waals surface area contributed by atoms with E-state index in [0.717, 1.165) is 5.56 Å². The SMILES string of the molecule is Cc1cccc([N+](=O)[O-])c1CC(=O)CCl. The third-order valence-corrected chi connectivity index (χ3v) is 2.40. The lowest BCUT2D eigenvalue weighted by molar-refractivity contribution is -0.385. The Morgan fingerprint density at radius 2 is 2.20 bits per heavy atom. The van der Waals surface area contributed by atoms with Gasteiger partial charge >= 0.3 is 0 Å². The van der Waals surface area contributed by atoms with E-state index in [0.29, 0.717) is 5.56 Å². The molecule has 0 bridgehead atoms. The van der Waals surface area contributed by atoms with Crippen LogP contribution in [0.2, 0.25) is 0 Å². The molecule has 0 atom stereocenters. The van der Waals surface area contributed by atoms with Crippen molar-refractivity contribution in [3.63, 3.8) is 0 Å². The van der Waals surface area contributed by atoms with Crippen LogP contribution in [0.3, 0.4) is 0 Å². The molecule has 80 valence electrons. The zero-order valence-corrected chi connectivity index (χ0v) is 8.95. The van der Waals surface area contributed by atoms with Gasteiger partial charge in [0.05, 0.1) is 10.8 Å². The van der Waals surface area contributed by atoms with E-state index in [1.54, 1.807) is 19.1 Å². The van der Waals surface area contributed by atoms with Crippen LogP contribution in [0, 0.1) is 17.0 Å². The van der Waals surface area contributed by atoms with E-state index in [1.165, 1.54) is 6.07 Å². The highest BCUT2D eigenvalue weighted by Gasteiger charge is 2.17. The van der Waals surface area contributed by atoms with Crippen LogP contribution in [-0.2, 0) is 11.2 Å². The van der Waals surface area contributed by atoms with Crippen molar-refractivity contribution in [1.29, 1.82) is 0 Å². The Hall–Kier alpha value is -1.42. The van der Waals surface area contributed by atoms with Gasteiger partial charge in [-0.1, -0.05) is 12.1 Å². The van der Waals surface area contributed by atoms with Gasteiger partial charge in [-0.2, -0.15) is 0 Å². The summed E-state index contributed by atoms with van der Waals surface area (Å²) in [4.78, 5) is 21.4. The Bertz CT molecular complexity index is 404. The molecule has 0 heterocycles. The average Bonchev–Trinajstić information content (AvgIpc) is 2.20. The minimum atomic E-state index is -0.482. The third kappa shape index (κ3) is 2.76. The molecule has 0 spiro atoms. The number of ketones is 1. The van der Waals surface area contributed by atoms with Crippen LogP contribution >= 0.6 is 11.6 Å². The predicted molar refractivity (Wildman–Crippen MR) is 57.3 cm³/mol. The van der Waals surface area contributed by atoms with Gasteiger partial charge in [-0.3, -0.25) is 14.9 Å². The maximum absolute atomic E-state index is 11.2. The van der Waals surface area contributed by atoms with Crippen LogP contribution in [-0.4, -0.2) is 16.6 Å². The van der Waals surface area contributed by atoms with Gasteiger partial charge in [-0.15, -0.1) is 11.6 Å². The number of Topliss-reactive ketones (excluding diaryl/α,β-unsaturated/α-hetero) is 1. The predicted octanol–water partition coefficient (Wildman–Crippen LogP) is 2.25. The summed E-state index contributed by atoms with van der Waals surface area (Å²) in [5, 5.41) is 10.7. The summed E-state index contributed by atoms with van der Waals surface area (Å²) < 4.78 is 0. The summed E-state index contributed by atoms with van der Waals surface area (Å²) in [6.07, 6.45) is 0.0203. The van der Waals surface area contributed by atoms with E-state index in [2.05, 4.69) is 0 Å².